The quantitative estimate of drug-likeness (QED) is 0.857. The summed E-state index contributed by atoms with van der Waals surface area (Å²) in [6.45, 7) is 2.55. The summed E-state index contributed by atoms with van der Waals surface area (Å²) in [4.78, 5) is 13.6. The van der Waals surface area contributed by atoms with Crippen LogP contribution in [0.5, 0.6) is 0 Å². The Morgan fingerprint density at radius 1 is 1.47 bits per heavy atom. The molecule has 0 bridgehead atoms. The van der Waals surface area contributed by atoms with Crippen molar-refractivity contribution in [2.75, 3.05) is 20.2 Å². The predicted molar refractivity (Wildman–Crippen MR) is 66.7 cm³/mol. The van der Waals surface area contributed by atoms with Gasteiger partial charge < -0.3 is 10.0 Å². The summed E-state index contributed by atoms with van der Waals surface area (Å²) in [6, 6.07) is 8.25. The van der Waals surface area contributed by atoms with Crippen LogP contribution in [0.15, 0.2) is 24.3 Å². The number of amides is 1. The lowest BCUT2D eigenvalue weighted by molar-refractivity contribution is -0.131. The Balaban J connectivity index is 2.01. The summed E-state index contributed by atoms with van der Waals surface area (Å²) >= 11 is 0. The molecule has 2 unspecified atom stereocenters. The number of aliphatic hydroxyl groups excluding tert-OH is 1. The SMILES string of the molecule is Cc1ccccc1C1CC1C(=O)N(C)CCO. The minimum absolute atomic E-state index is 0.0317. The topological polar surface area (TPSA) is 40.5 Å². The highest BCUT2D eigenvalue weighted by Gasteiger charge is 2.45. The van der Waals surface area contributed by atoms with Crippen LogP contribution in [0.25, 0.3) is 0 Å². The first kappa shape index (κ1) is 12.1. The number of hydrogen-bond donors (Lipinski definition) is 1. The van der Waals surface area contributed by atoms with Crippen molar-refractivity contribution < 1.29 is 9.90 Å². The van der Waals surface area contributed by atoms with Gasteiger partial charge in [0.2, 0.25) is 5.91 Å². The molecular weight excluding hydrogens is 214 g/mol. The Kier molecular flexibility index (Phi) is 3.48. The molecule has 1 saturated carbocycles. The van der Waals surface area contributed by atoms with E-state index < -0.39 is 0 Å². The molecule has 2 atom stereocenters. The average Bonchev–Trinajstić information content (AvgIpc) is 3.09. The summed E-state index contributed by atoms with van der Waals surface area (Å²) < 4.78 is 0. The van der Waals surface area contributed by atoms with Gasteiger partial charge in [0, 0.05) is 19.5 Å². The molecule has 1 aromatic rings. The number of carbonyl (C=O) groups is 1. The molecule has 0 saturated heterocycles. The van der Waals surface area contributed by atoms with Crippen molar-refractivity contribution in [2.45, 2.75) is 19.3 Å². The minimum Gasteiger partial charge on any atom is -0.395 e. The van der Waals surface area contributed by atoms with Crippen LogP contribution in [0, 0.1) is 12.8 Å². The van der Waals surface area contributed by atoms with Gasteiger partial charge in [-0.15, -0.1) is 0 Å². The van der Waals surface area contributed by atoms with Crippen LogP contribution in [-0.4, -0.2) is 36.1 Å². The molecule has 1 amide bonds. The number of aryl methyl sites for hydroxylation is 1. The molecule has 0 aliphatic heterocycles. The number of rotatable bonds is 4. The van der Waals surface area contributed by atoms with Crippen LogP contribution in [-0.2, 0) is 4.79 Å². The van der Waals surface area contributed by atoms with Gasteiger partial charge in [0.25, 0.3) is 0 Å². The molecule has 3 heteroatoms. The Morgan fingerprint density at radius 2 is 2.18 bits per heavy atom. The van der Waals surface area contributed by atoms with E-state index in [4.69, 9.17) is 5.11 Å². The number of likely N-dealkylation sites (N-methyl/N-ethyl adjacent to an activating group) is 1. The third-order valence-corrected chi connectivity index (χ3v) is 3.51. The fraction of sp³-hybridized carbons (Fsp3) is 0.500. The molecule has 0 spiro atoms. The Labute approximate surface area is 102 Å². The molecule has 92 valence electrons. The van der Waals surface area contributed by atoms with Crippen molar-refractivity contribution in [1.29, 1.82) is 0 Å². The standard InChI is InChI=1S/C14H19NO2/c1-10-5-3-4-6-11(10)12-9-13(12)14(17)15(2)7-8-16/h3-6,12-13,16H,7-9H2,1-2H3. The van der Waals surface area contributed by atoms with Crippen molar-refractivity contribution in [2.24, 2.45) is 5.92 Å². The van der Waals surface area contributed by atoms with E-state index >= 15 is 0 Å². The number of benzene rings is 1. The molecular formula is C14H19NO2. The lowest BCUT2D eigenvalue weighted by Crippen LogP contribution is -2.31. The molecule has 2 rings (SSSR count). The third kappa shape index (κ3) is 2.50. The van der Waals surface area contributed by atoms with E-state index in [0.29, 0.717) is 12.5 Å². The summed E-state index contributed by atoms with van der Waals surface area (Å²) in [7, 11) is 1.76. The highest BCUT2D eigenvalue weighted by Crippen LogP contribution is 2.49. The van der Waals surface area contributed by atoms with Crippen molar-refractivity contribution in [3.63, 3.8) is 0 Å². The van der Waals surface area contributed by atoms with Crippen LogP contribution in [0.1, 0.15) is 23.5 Å². The van der Waals surface area contributed by atoms with Gasteiger partial charge in [-0.3, -0.25) is 4.79 Å². The monoisotopic (exact) mass is 233 g/mol. The predicted octanol–water partition coefficient (Wildman–Crippen LogP) is 1.55. The van der Waals surface area contributed by atoms with Crippen molar-refractivity contribution in [1.82, 2.24) is 4.90 Å². The van der Waals surface area contributed by atoms with Crippen LogP contribution >= 0.6 is 0 Å². The second kappa shape index (κ2) is 4.88. The van der Waals surface area contributed by atoms with Crippen LogP contribution < -0.4 is 0 Å². The maximum atomic E-state index is 12.0. The van der Waals surface area contributed by atoms with E-state index in [1.165, 1.54) is 11.1 Å². The van der Waals surface area contributed by atoms with E-state index in [1.54, 1.807) is 11.9 Å². The van der Waals surface area contributed by atoms with Crippen LogP contribution in [0.2, 0.25) is 0 Å². The zero-order chi connectivity index (χ0) is 12.4. The Bertz CT molecular complexity index is 416. The molecule has 3 nitrogen and oxygen atoms in total. The van der Waals surface area contributed by atoms with Crippen molar-refractivity contribution in [3.8, 4) is 0 Å². The largest absolute Gasteiger partial charge is 0.395 e. The average molecular weight is 233 g/mol. The number of nitrogens with zero attached hydrogens (tertiary/aromatic N) is 1. The van der Waals surface area contributed by atoms with Gasteiger partial charge in [-0.2, -0.15) is 0 Å². The minimum atomic E-state index is 0.0317. The first-order valence-corrected chi connectivity index (χ1v) is 6.06. The van der Waals surface area contributed by atoms with Gasteiger partial charge in [-0.1, -0.05) is 24.3 Å². The van der Waals surface area contributed by atoms with Gasteiger partial charge in [0.1, 0.15) is 0 Å². The zero-order valence-corrected chi connectivity index (χ0v) is 10.4. The molecule has 0 radical (unpaired) electrons. The fourth-order valence-electron chi connectivity index (χ4n) is 2.36. The van der Waals surface area contributed by atoms with Gasteiger partial charge in [0.15, 0.2) is 0 Å². The van der Waals surface area contributed by atoms with Crippen molar-refractivity contribution in [3.05, 3.63) is 35.4 Å². The fourth-order valence-corrected chi connectivity index (χ4v) is 2.36. The summed E-state index contributed by atoms with van der Waals surface area (Å²) in [5.41, 5.74) is 2.56. The molecule has 0 aromatic heterocycles. The lowest BCUT2D eigenvalue weighted by atomic mass is 10.0. The molecule has 1 fully saturated rings. The first-order valence-electron chi connectivity index (χ1n) is 6.06. The summed E-state index contributed by atoms with van der Waals surface area (Å²) in [5, 5.41) is 8.82. The molecule has 1 N–H and O–H groups in total. The number of carbonyl (C=O) groups excluding carboxylic acids is 1. The molecule has 17 heavy (non-hydrogen) atoms. The second-order valence-corrected chi connectivity index (χ2v) is 4.79. The number of aliphatic hydroxyl groups is 1. The summed E-state index contributed by atoms with van der Waals surface area (Å²) in [6.07, 6.45) is 0.944. The molecule has 0 heterocycles. The van der Waals surface area contributed by atoms with E-state index in [2.05, 4.69) is 19.1 Å². The maximum Gasteiger partial charge on any atom is 0.226 e. The third-order valence-electron chi connectivity index (χ3n) is 3.51. The highest BCUT2D eigenvalue weighted by atomic mass is 16.3. The maximum absolute atomic E-state index is 12.0. The smallest absolute Gasteiger partial charge is 0.226 e. The first-order chi connectivity index (χ1) is 8.15. The van der Waals surface area contributed by atoms with E-state index in [9.17, 15) is 4.79 Å². The Morgan fingerprint density at radius 3 is 2.82 bits per heavy atom. The van der Waals surface area contributed by atoms with Gasteiger partial charge in [-0.05, 0) is 30.4 Å². The molecule has 1 aliphatic carbocycles. The van der Waals surface area contributed by atoms with E-state index in [1.807, 2.05) is 12.1 Å². The normalized spacial score (nSPS) is 22.3. The zero-order valence-electron chi connectivity index (χ0n) is 10.4. The van der Waals surface area contributed by atoms with Crippen LogP contribution in [0.3, 0.4) is 0 Å². The number of hydrogen-bond acceptors (Lipinski definition) is 2. The Hall–Kier alpha value is -1.35. The highest BCUT2D eigenvalue weighted by molar-refractivity contribution is 5.82. The molecule has 1 aliphatic rings. The van der Waals surface area contributed by atoms with Gasteiger partial charge in [-0.25, -0.2) is 0 Å². The van der Waals surface area contributed by atoms with E-state index in [-0.39, 0.29) is 18.4 Å². The van der Waals surface area contributed by atoms with Gasteiger partial charge in [0.05, 0.1) is 6.61 Å². The second-order valence-electron chi connectivity index (χ2n) is 4.79. The summed E-state index contributed by atoms with van der Waals surface area (Å²) in [5.74, 6) is 0.657. The lowest BCUT2D eigenvalue weighted by Gasteiger charge is -2.15. The molecule has 1 aromatic carbocycles. The van der Waals surface area contributed by atoms with Gasteiger partial charge >= 0.3 is 0 Å². The van der Waals surface area contributed by atoms with Crippen molar-refractivity contribution >= 4 is 5.91 Å². The van der Waals surface area contributed by atoms with Crippen LogP contribution in [0.4, 0.5) is 0 Å². The van der Waals surface area contributed by atoms with E-state index in [0.717, 1.165) is 6.42 Å².